The number of nitrogens with zero attached hydrogens (tertiary/aromatic N) is 3. The van der Waals surface area contributed by atoms with E-state index in [-0.39, 0.29) is 5.91 Å². The monoisotopic (exact) mass is 315 g/mol. The summed E-state index contributed by atoms with van der Waals surface area (Å²) in [5, 5.41) is 0. The first-order valence-electron chi connectivity index (χ1n) is 8.12. The largest absolute Gasteiger partial charge is 0.478 e. The van der Waals surface area contributed by atoms with Crippen LogP contribution in [0.1, 0.15) is 43.1 Å². The molecule has 0 atom stereocenters. The molecule has 6 heteroatoms. The Kier molecular flexibility index (Phi) is 4.90. The maximum absolute atomic E-state index is 12.5. The van der Waals surface area contributed by atoms with Crippen molar-refractivity contribution in [1.29, 1.82) is 0 Å². The number of ether oxygens (including phenoxy) is 1. The summed E-state index contributed by atoms with van der Waals surface area (Å²) in [6, 6.07) is 3.58. The Morgan fingerprint density at radius 3 is 3.00 bits per heavy atom. The highest BCUT2D eigenvalue weighted by Gasteiger charge is 2.19. The van der Waals surface area contributed by atoms with Gasteiger partial charge in [0.05, 0.1) is 6.61 Å². The molecule has 0 aromatic carbocycles. The topological polar surface area (TPSA) is 68.5 Å². The number of aromatic nitrogens is 2. The van der Waals surface area contributed by atoms with E-state index in [1.807, 2.05) is 11.8 Å². The maximum Gasteiger partial charge on any atom is 0.275 e. The van der Waals surface area contributed by atoms with Crippen LogP contribution >= 0.6 is 0 Å². The summed E-state index contributed by atoms with van der Waals surface area (Å²) in [6.45, 7) is 4.04. The van der Waals surface area contributed by atoms with Crippen LogP contribution in [0.25, 0.3) is 11.5 Å². The van der Waals surface area contributed by atoms with Crippen LogP contribution in [0.2, 0.25) is 0 Å². The fourth-order valence-electron chi connectivity index (χ4n) is 2.63. The van der Waals surface area contributed by atoms with Gasteiger partial charge in [0.1, 0.15) is 6.26 Å². The molecular weight excluding hydrogens is 294 g/mol. The second-order valence-electron chi connectivity index (χ2n) is 5.57. The van der Waals surface area contributed by atoms with Crippen molar-refractivity contribution in [2.24, 2.45) is 0 Å². The van der Waals surface area contributed by atoms with Gasteiger partial charge in [-0.15, -0.1) is 0 Å². The number of carbonyl (C=O) groups is 1. The lowest BCUT2D eigenvalue weighted by Crippen LogP contribution is -2.32. The molecule has 2 aromatic rings. The zero-order valence-electron chi connectivity index (χ0n) is 13.3. The Labute approximate surface area is 135 Å². The van der Waals surface area contributed by atoms with E-state index in [1.54, 1.807) is 18.3 Å². The Morgan fingerprint density at radius 1 is 1.26 bits per heavy atom. The van der Waals surface area contributed by atoms with E-state index in [0.717, 1.165) is 37.8 Å². The van der Waals surface area contributed by atoms with Gasteiger partial charge in [-0.2, -0.15) is 0 Å². The van der Waals surface area contributed by atoms with Crippen LogP contribution in [-0.4, -0.2) is 40.5 Å². The van der Waals surface area contributed by atoms with Gasteiger partial charge in [0.15, 0.2) is 5.69 Å². The van der Waals surface area contributed by atoms with Crippen LogP contribution in [0.15, 0.2) is 29.0 Å². The third-order valence-electron chi connectivity index (χ3n) is 3.95. The van der Waals surface area contributed by atoms with Crippen LogP contribution in [-0.2, 0) is 0 Å². The molecule has 1 aliphatic rings. The molecule has 122 valence electrons. The minimum Gasteiger partial charge on any atom is -0.478 e. The highest BCUT2D eigenvalue weighted by Crippen LogP contribution is 2.22. The van der Waals surface area contributed by atoms with Crippen LogP contribution < -0.4 is 4.74 Å². The van der Waals surface area contributed by atoms with Crippen molar-refractivity contribution in [3.63, 3.8) is 0 Å². The highest BCUT2D eigenvalue weighted by atomic mass is 16.5. The molecule has 6 nitrogen and oxygen atoms in total. The summed E-state index contributed by atoms with van der Waals surface area (Å²) in [6.07, 6.45) is 7.20. The van der Waals surface area contributed by atoms with E-state index in [1.165, 1.54) is 6.26 Å². The molecule has 0 N–H and O–H groups in total. The SMILES string of the molecule is CCN1CCCCCCOc2cc(ccn2)-c2nc(co2)C1=O. The van der Waals surface area contributed by atoms with Crippen molar-refractivity contribution in [3.05, 3.63) is 30.3 Å². The average molecular weight is 315 g/mol. The average Bonchev–Trinajstić information content (AvgIpc) is 3.06. The second kappa shape index (κ2) is 7.26. The Balaban J connectivity index is 1.90. The smallest absolute Gasteiger partial charge is 0.275 e. The van der Waals surface area contributed by atoms with Crippen molar-refractivity contribution < 1.29 is 13.9 Å². The Morgan fingerprint density at radius 2 is 2.13 bits per heavy atom. The standard InChI is InChI=1S/C17H21N3O3/c1-2-20-9-5-3-4-6-10-22-15-11-13(7-8-18-15)16-19-14(12-23-16)17(20)21/h7-8,11-12H,2-6,9-10H2,1H3. The zero-order valence-corrected chi connectivity index (χ0v) is 13.3. The molecule has 0 fully saturated rings. The van der Waals surface area contributed by atoms with Gasteiger partial charge >= 0.3 is 0 Å². The molecule has 3 rings (SSSR count). The lowest BCUT2D eigenvalue weighted by Gasteiger charge is -2.19. The minimum absolute atomic E-state index is 0.0806. The second-order valence-corrected chi connectivity index (χ2v) is 5.57. The van der Waals surface area contributed by atoms with Crippen LogP contribution in [0.5, 0.6) is 5.88 Å². The summed E-state index contributed by atoms with van der Waals surface area (Å²) >= 11 is 0. The van der Waals surface area contributed by atoms with Gasteiger partial charge in [0.25, 0.3) is 5.91 Å². The molecule has 0 unspecified atom stereocenters. The number of hydrogen-bond acceptors (Lipinski definition) is 5. The van der Waals surface area contributed by atoms with Crippen LogP contribution in [0.3, 0.4) is 0 Å². The third-order valence-corrected chi connectivity index (χ3v) is 3.95. The molecular formula is C17H21N3O3. The molecule has 2 aromatic heterocycles. The summed E-state index contributed by atoms with van der Waals surface area (Å²) in [4.78, 5) is 22.9. The maximum atomic E-state index is 12.5. The molecule has 0 saturated carbocycles. The van der Waals surface area contributed by atoms with Gasteiger partial charge in [-0.1, -0.05) is 6.42 Å². The number of oxazole rings is 1. The lowest BCUT2D eigenvalue weighted by molar-refractivity contribution is 0.0755. The molecule has 1 aliphatic heterocycles. The van der Waals surface area contributed by atoms with E-state index in [0.29, 0.717) is 30.6 Å². The van der Waals surface area contributed by atoms with E-state index in [4.69, 9.17) is 9.15 Å². The molecule has 23 heavy (non-hydrogen) atoms. The molecule has 0 aliphatic carbocycles. The molecule has 1 amide bonds. The first-order chi connectivity index (χ1) is 11.3. The van der Waals surface area contributed by atoms with Gasteiger partial charge in [0, 0.05) is 30.9 Å². The van der Waals surface area contributed by atoms with Crippen LogP contribution in [0.4, 0.5) is 0 Å². The third kappa shape index (κ3) is 3.70. The van der Waals surface area contributed by atoms with Crippen molar-refractivity contribution in [1.82, 2.24) is 14.9 Å². The number of amides is 1. The van der Waals surface area contributed by atoms with Crippen molar-refractivity contribution in [3.8, 4) is 17.3 Å². The molecule has 0 radical (unpaired) electrons. The predicted molar refractivity (Wildman–Crippen MR) is 85.3 cm³/mol. The quantitative estimate of drug-likeness (QED) is 0.808. The molecule has 4 bridgehead atoms. The van der Waals surface area contributed by atoms with E-state index >= 15 is 0 Å². The van der Waals surface area contributed by atoms with Crippen molar-refractivity contribution in [2.45, 2.75) is 32.6 Å². The van der Waals surface area contributed by atoms with E-state index < -0.39 is 0 Å². The fourth-order valence-corrected chi connectivity index (χ4v) is 2.63. The van der Waals surface area contributed by atoms with Crippen molar-refractivity contribution >= 4 is 5.91 Å². The Bertz CT molecular complexity index is 669. The summed E-state index contributed by atoms with van der Waals surface area (Å²) in [5.74, 6) is 0.882. The zero-order chi connectivity index (χ0) is 16.1. The van der Waals surface area contributed by atoms with Gasteiger partial charge in [-0.3, -0.25) is 4.79 Å². The molecule has 0 spiro atoms. The van der Waals surface area contributed by atoms with Gasteiger partial charge in [-0.25, -0.2) is 9.97 Å². The lowest BCUT2D eigenvalue weighted by atomic mass is 10.2. The summed E-state index contributed by atoms with van der Waals surface area (Å²) < 4.78 is 11.2. The molecule has 3 heterocycles. The minimum atomic E-state index is -0.0806. The number of carbonyl (C=O) groups excluding carboxylic acids is 1. The van der Waals surface area contributed by atoms with Gasteiger partial charge < -0.3 is 14.1 Å². The number of hydrogen-bond donors (Lipinski definition) is 0. The first kappa shape index (κ1) is 15.5. The number of rotatable bonds is 1. The van der Waals surface area contributed by atoms with E-state index in [2.05, 4.69) is 9.97 Å². The number of pyridine rings is 1. The highest BCUT2D eigenvalue weighted by molar-refractivity contribution is 5.92. The van der Waals surface area contributed by atoms with Crippen molar-refractivity contribution in [2.75, 3.05) is 19.7 Å². The summed E-state index contributed by atoms with van der Waals surface area (Å²) in [5.41, 5.74) is 1.10. The molecule has 0 saturated heterocycles. The predicted octanol–water partition coefficient (Wildman–Crippen LogP) is 3.15. The van der Waals surface area contributed by atoms with Gasteiger partial charge in [0.2, 0.25) is 11.8 Å². The van der Waals surface area contributed by atoms with Crippen LogP contribution in [0, 0.1) is 0 Å². The summed E-state index contributed by atoms with van der Waals surface area (Å²) in [7, 11) is 0. The number of fused-ring (bicyclic) bond motifs is 5. The first-order valence-corrected chi connectivity index (χ1v) is 8.12. The van der Waals surface area contributed by atoms with E-state index in [9.17, 15) is 4.79 Å². The normalized spacial score (nSPS) is 16.4. The Hall–Kier alpha value is -2.37. The fraction of sp³-hybridized carbons (Fsp3) is 0.471. The van der Waals surface area contributed by atoms with Gasteiger partial charge in [-0.05, 0) is 32.3 Å².